The molecule has 1 heterocycles. The minimum absolute atomic E-state index is 0.000806. The zero-order valence-electron chi connectivity index (χ0n) is 23.9. The van der Waals surface area contributed by atoms with Crippen molar-refractivity contribution in [2.45, 2.75) is 56.4 Å². The van der Waals surface area contributed by atoms with Gasteiger partial charge >= 0.3 is 0 Å². The third kappa shape index (κ3) is 9.12. The van der Waals surface area contributed by atoms with Crippen molar-refractivity contribution in [2.75, 3.05) is 12.3 Å². The van der Waals surface area contributed by atoms with Gasteiger partial charge in [-0.15, -0.1) is 11.3 Å². The first-order chi connectivity index (χ1) is 20.6. The molecular formula is C35H40N2O3S2. The maximum Gasteiger partial charge on any atom is 0.255 e. The number of rotatable bonds is 14. The minimum Gasteiger partial charge on any atom is -0.507 e. The average molecular weight is 601 g/mol. The van der Waals surface area contributed by atoms with Crippen molar-refractivity contribution in [2.24, 2.45) is 5.92 Å². The number of benzene rings is 3. The third-order valence-electron chi connectivity index (χ3n) is 7.81. The number of ether oxygens (including phenoxy) is 1. The van der Waals surface area contributed by atoms with Crippen LogP contribution >= 0.6 is 23.1 Å². The maximum atomic E-state index is 13.1. The van der Waals surface area contributed by atoms with Crippen LogP contribution in [-0.2, 0) is 13.0 Å². The first-order valence-electron chi connectivity index (χ1n) is 14.9. The third-order valence-corrected chi connectivity index (χ3v) is 10.3. The first kappa shape index (κ1) is 30.2. The number of nitrogens with one attached hydrogen (secondary N) is 2. The lowest BCUT2D eigenvalue weighted by Crippen LogP contribution is -2.47. The van der Waals surface area contributed by atoms with E-state index in [1.807, 2.05) is 54.2 Å². The molecule has 0 spiro atoms. The molecule has 1 fully saturated rings. The van der Waals surface area contributed by atoms with Crippen molar-refractivity contribution in [3.05, 3.63) is 112 Å². The number of thiophene rings is 1. The average Bonchev–Trinajstić information content (AvgIpc) is 3.55. The van der Waals surface area contributed by atoms with Crippen molar-refractivity contribution in [1.82, 2.24) is 10.6 Å². The quantitative estimate of drug-likeness (QED) is 0.137. The fourth-order valence-corrected chi connectivity index (χ4v) is 7.67. The molecule has 1 aliphatic carbocycles. The molecule has 42 heavy (non-hydrogen) atoms. The van der Waals surface area contributed by atoms with Crippen LogP contribution in [0.5, 0.6) is 17.2 Å². The van der Waals surface area contributed by atoms with Gasteiger partial charge in [0.15, 0.2) is 0 Å². The summed E-state index contributed by atoms with van der Waals surface area (Å²) < 4.78 is 6.02. The van der Waals surface area contributed by atoms with Crippen LogP contribution in [0.2, 0.25) is 0 Å². The van der Waals surface area contributed by atoms with Crippen molar-refractivity contribution < 1.29 is 14.6 Å². The van der Waals surface area contributed by atoms with Gasteiger partial charge in [-0.25, -0.2) is 0 Å². The van der Waals surface area contributed by atoms with Crippen LogP contribution in [0, 0.1) is 5.92 Å². The van der Waals surface area contributed by atoms with Gasteiger partial charge in [0.2, 0.25) is 0 Å². The normalized spacial score (nSPS) is 15.1. The lowest BCUT2D eigenvalue weighted by Gasteiger charge is -2.30. The number of thioether (sulfide) groups is 1. The number of carbonyl (C=O) groups is 1. The topological polar surface area (TPSA) is 70.6 Å². The summed E-state index contributed by atoms with van der Waals surface area (Å²) in [6.45, 7) is 1.22. The van der Waals surface area contributed by atoms with Gasteiger partial charge in [-0.1, -0.05) is 67.8 Å². The van der Waals surface area contributed by atoms with Gasteiger partial charge in [0.25, 0.3) is 5.91 Å². The molecule has 3 N–H and O–H groups in total. The molecule has 5 nitrogen and oxygen atoms in total. The number of hydrogen-bond donors (Lipinski definition) is 3. The molecule has 2 atom stereocenters. The molecular weight excluding hydrogens is 561 g/mol. The van der Waals surface area contributed by atoms with Gasteiger partial charge in [-0.2, -0.15) is 11.8 Å². The van der Waals surface area contributed by atoms with E-state index in [0.717, 1.165) is 36.1 Å². The molecule has 5 rings (SSSR count). The Morgan fingerprint density at radius 2 is 1.64 bits per heavy atom. The smallest absolute Gasteiger partial charge is 0.255 e. The number of phenolic OH excluding ortho intramolecular Hbond substituents is 1. The number of hydrogen-bond acceptors (Lipinski definition) is 6. The van der Waals surface area contributed by atoms with E-state index < -0.39 is 0 Å². The van der Waals surface area contributed by atoms with E-state index in [-0.39, 0.29) is 22.9 Å². The zero-order valence-corrected chi connectivity index (χ0v) is 25.5. The monoisotopic (exact) mass is 600 g/mol. The maximum absolute atomic E-state index is 13.1. The van der Waals surface area contributed by atoms with Crippen LogP contribution in [-0.4, -0.2) is 34.6 Å². The lowest BCUT2D eigenvalue weighted by molar-refractivity contribution is 0.0946. The predicted molar refractivity (Wildman–Crippen MR) is 175 cm³/mol. The van der Waals surface area contributed by atoms with E-state index in [1.165, 1.54) is 42.5 Å². The molecule has 4 aromatic rings. The Hall–Kier alpha value is -3.26. The Balaban J connectivity index is 1.31. The van der Waals surface area contributed by atoms with Gasteiger partial charge < -0.3 is 20.5 Å². The summed E-state index contributed by atoms with van der Waals surface area (Å²) in [6, 6.07) is 29.2. The summed E-state index contributed by atoms with van der Waals surface area (Å²) in [4.78, 5) is 14.3. The molecule has 220 valence electrons. The Morgan fingerprint density at radius 3 is 2.38 bits per heavy atom. The molecule has 0 bridgehead atoms. The molecule has 3 aromatic carbocycles. The van der Waals surface area contributed by atoms with Crippen LogP contribution in [0.3, 0.4) is 0 Å². The second-order valence-corrected chi connectivity index (χ2v) is 13.2. The molecule has 0 radical (unpaired) electrons. The van der Waals surface area contributed by atoms with Crippen molar-refractivity contribution in [1.29, 1.82) is 0 Å². The summed E-state index contributed by atoms with van der Waals surface area (Å²) in [5.74, 6) is 3.27. The first-order valence-corrected chi connectivity index (χ1v) is 16.8. The van der Waals surface area contributed by atoms with Crippen LogP contribution in [0.1, 0.15) is 52.9 Å². The van der Waals surface area contributed by atoms with Gasteiger partial charge in [-0.05, 0) is 84.3 Å². The Morgan fingerprint density at radius 1 is 0.905 bits per heavy atom. The second kappa shape index (κ2) is 15.8. The van der Waals surface area contributed by atoms with Crippen LogP contribution in [0.15, 0.2) is 96.4 Å². The molecule has 0 saturated heterocycles. The van der Waals surface area contributed by atoms with Crippen LogP contribution in [0.4, 0.5) is 0 Å². The highest BCUT2D eigenvalue weighted by Crippen LogP contribution is 2.31. The molecule has 1 amide bonds. The van der Waals surface area contributed by atoms with Gasteiger partial charge in [-0.3, -0.25) is 4.79 Å². The highest BCUT2D eigenvalue weighted by Gasteiger charge is 2.26. The van der Waals surface area contributed by atoms with Gasteiger partial charge in [0.05, 0.1) is 5.56 Å². The lowest BCUT2D eigenvalue weighted by atomic mass is 9.91. The number of aromatic hydroxyl groups is 1. The summed E-state index contributed by atoms with van der Waals surface area (Å²) >= 11 is 3.77. The summed E-state index contributed by atoms with van der Waals surface area (Å²) in [5, 5.41) is 19.5. The standard InChI is InChI=1S/C35H40N2O3S2/c38-33-16-8-7-15-31(33)35(39)37-24-32(36-23-30-14-9-21-41-30)34(42-25-27-10-3-1-4-11-27)22-26-17-19-29(20-18-26)40-28-12-5-2-6-13-28/h2,5-9,12-21,27,32,34,36,38H,1,3-4,10-11,22-25H2,(H,37,39). The van der Waals surface area contributed by atoms with Gasteiger partial charge in [0.1, 0.15) is 17.2 Å². The largest absolute Gasteiger partial charge is 0.507 e. The Kier molecular flexibility index (Phi) is 11.4. The van der Waals surface area contributed by atoms with Crippen molar-refractivity contribution >= 4 is 29.0 Å². The Labute approximate surface area is 257 Å². The highest BCUT2D eigenvalue weighted by atomic mass is 32.2. The molecule has 1 aromatic heterocycles. The fourth-order valence-electron chi connectivity index (χ4n) is 5.42. The van der Waals surface area contributed by atoms with Crippen molar-refractivity contribution in [3.63, 3.8) is 0 Å². The van der Waals surface area contributed by atoms with E-state index in [0.29, 0.717) is 12.1 Å². The molecule has 2 unspecified atom stereocenters. The van der Waals surface area contributed by atoms with E-state index >= 15 is 0 Å². The summed E-state index contributed by atoms with van der Waals surface area (Å²) in [5.41, 5.74) is 1.54. The highest BCUT2D eigenvalue weighted by molar-refractivity contribution is 7.99. The number of carbonyl (C=O) groups excluding carboxylic acids is 1. The molecule has 0 aliphatic heterocycles. The zero-order chi connectivity index (χ0) is 29.0. The Bertz CT molecular complexity index is 1360. The fraction of sp³-hybridized carbons (Fsp3) is 0.343. The SMILES string of the molecule is O=C(NCC(NCc1cccs1)C(Cc1ccc(Oc2ccccc2)cc1)SCC1CCCCC1)c1ccccc1O. The van der Waals surface area contributed by atoms with E-state index in [4.69, 9.17) is 4.74 Å². The van der Waals surface area contributed by atoms with E-state index in [2.05, 4.69) is 40.3 Å². The molecule has 7 heteroatoms. The summed E-state index contributed by atoms with van der Waals surface area (Å²) in [6.07, 6.45) is 7.50. The number of para-hydroxylation sites is 2. The second-order valence-electron chi connectivity index (χ2n) is 10.9. The van der Waals surface area contributed by atoms with Crippen molar-refractivity contribution in [3.8, 4) is 17.2 Å². The van der Waals surface area contributed by atoms with Crippen LogP contribution < -0.4 is 15.4 Å². The van der Waals surface area contributed by atoms with E-state index in [1.54, 1.807) is 35.6 Å². The van der Waals surface area contributed by atoms with Gasteiger partial charge in [0, 0.05) is 29.3 Å². The number of phenols is 1. The predicted octanol–water partition coefficient (Wildman–Crippen LogP) is 8.06. The number of amides is 1. The van der Waals surface area contributed by atoms with E-state index in [9.17, 15) is 9.90 Å². The van der Waals surface area contributed by atoms with Crippen LogP contribution in [0.25, 0.3) is 0 Å². The summed E-state index contributed by atoms with van der Waals surface area (Å²) in [7, 11) is 0. The minimum atomic E-state index is -0.255. The molecule has 1 aliphatic rings. The molecule has 1 saturated carbocycles.